The van der Waals surface area contributed by atoms with Crippen molar-refractivity contribution in [2.45, 2.75) is 40.0 Å². The van der Waals surface area contributed by atoms with E-state index >= 15 is 0 Å². The molecular formula is C25H26FNO2. The van der Waals surface area contributed by atoms with Crippen molar-refractivity contribution in [2.24, 2.45) is 5.92 Å². The minimum absolute atomic E-state index is 0.142. The number of aromatic nitrogens is 1. The van der Waals surface area contributed by atoms with E-state index in [0.29, 0.717) is 42.0 Å². The van der Waals surface area contributed by atoms with Crippen LogP contribution in [-0.4, -0.2) is 16.1 Å². The van der Waals surface area contributed by atoms with Crippen LogP contribution in [-0.2, 0) is 19.3 Å². The monoisotopic (exact) mass is 391 g/mol. The van der Waals surface area contributed by atoms with E-state index in [-0.39, 0.29) is 11.4 Å². The van der Waals surface area contributed by atoms with E-state index in [4.69, 9.17) is 4.98 Å². The quantitative estimate of drug-likeness (QED) is 0.547. The lowest BCUT2D eigenvalue weighted by Crippen LogP contribution is -2.11. The van der Waals surface area contributed by atoms with E-state index in [1.165, 1.54) is 11.6 Å². The second kappa shape index (κ2) is 8.99. The summed E-state index contributed by atoms with van der Waals surface area (Å²) in [6, 6.07) is 16.2. The smallest absolute Gasteiger partial charge is 0.337 e. The summed E-state index contributed by atoms with van der Waals surface area (Å²) >= 11 is 0. The standard InChI is InChI=1S/C25H26FNO2/c1-16(2)14-24-20(19-6-4-5-7-22(19)26)15-21(25(28)29)23(27-24)13-12-18-10-8-17(3)9-11-18/h4-11,15-16H,12-14H2,1-3H3,(H,28,29). The van der Waals surface area contributed by atoms with Crippen molar-refractivity contribution in [3.63, 3.8) is 0 Å². The van der Waals surface area contributed by atoms with Crippen LogP contribution in [0.3, 0.4) is 0 Å². The Hall–Kier alpha value is -3.01. The molecule has 0 saturated carbocycles. The van der Waals surface area contributed by atoms with E-state index in [0.717, 1.165) is 11.3 Å². The predicted octanol–water partition coefficient (Wildman–Crippen LogP) is 5.88. The molecule has 0 unspecified atom stereocenters. The van der Waals surface area contributed by atoms with Crippen molar-refractivity contribution in [1.82, 2.24) is 4.98 Å². The summed E-state index contributed by atoms with van der Waals surface area (Å²) in [5.74, 6) is -1.10. The van der Waals surface area contributed by atoms with Crippen LogP contribution in [0.1, 0.15) is 46.7 Å². The molecule has 1 heterocycles. The molecule has 2 aromatic carbocycles. The summed E-state index contributed by atoms with van der Waals surface area (Å²) in [4.78, 5) is 16.7. The number of nitrogens with zero attached hydrogens (tertiary/aromatic N) is 1. The van der Waals surface area contributed by atoms with Crippen LogP contribution in [0.2, 0.25) is 0 Å². The normalized spacial score (nSPS) is 11.1. The molecule has 0 amide bonds. The number of hydrogen-bond donors (Lipinski definition) is 1. The minimum atomic E-state index is -1.04. The van der Waals surface area contributed by atoms with Crippen LogP contribution >= 0.6 is 0 Å². The maximum absolute atomic E-state index is 14.5. The van der Waals surface area contributed by atoms with Gasteiger partial charge in [0, 0.05) is 16.8 Å². The first-order chi connectivity index (χ1) is 13.8. The fourth-order valence-corrected chi connectivity index (χ4v) is 3.44. The fraction of sp³-hybridized carbons (Fsp3) is 0.280. The molecule has 0 aliphatic carbocycles. The number of aryl methyl sites for hydroxylation is 3. The predicted molar refractivity (Wildman–Crippen MR) is 114 cm³/mol. The molecule has 1 aromatic heterocycles. The highest BCUT2D eigenvalue weighted by molar-refractivity contribution is 5.91. The van der Waals surface area contributed by atoms with Crippen molar-refractivity contribution < 1.29 is 14.3 Å². The van der Waals surface area contributed by atoms with Gasteiger partial charge in [0.1, 0.15) is 5.82 Å². The first-order valence-electron chi connectivity index (χ1n) is 9.91. The third-order valence-corrected chi connectivity index (χ3v) is 4.95. The topological polar surface area (TPSA) is 50.2 Å². The Kier molecular flexibility index (Phi) is 6.42. The number of pyridine rings is 1. The number of halogens is 1. The maximum Gasteiger partial charge on any atom is 0.337 e. The Balaban J connectivity index is 2.04. The van der Waals surface area contributed by atoms with Gasteiger partial charge < -0.3 is 5.11 Å². The molecule has 0 aliphatic heterocycles. The molecule has 0 fully saturated rings. The number of carboxylic acid groups (broad SMARTS) is 1. The van der Waals surface area contributed by atoms with Gasteiger partial charge in [-0.2, -0.15) is 0 Å². The van der Waals surface area contributed by atoms with Crippen molar-refractivity contribution >= 4 is 5.97 Å². The van der Waals surface area contributed by atoms with Crippen LogP contribution in [0.5, 0.6) is 0 Å². The second-order valence-corrected chi connectivity index (χ2v) is 7.85. The lowest BCUT2D eigenvalue weighted by Gasteiger charge is -2.16. The number of rotatable bonds is 7. The van der Waals surface area contributed by atoms with E-state index < -0.39 is 5.97 Å². The van der Waals surface area contributed by atoms with Crippen LogP contribution in [0.25, 0.3) is 11.1 Å². The molecule has 1 N–H and O–H groups in total. The summed E-state index contributed by atoms with van der Waals surface area (Å²) in [6.07, 6.45) is 1.88. The van der Waals surface area contributed by atoms with Crippen molar-refractivity contribution in [1.29, 1.82) is 0 Å². The SMILES string of the molecule is Cc1ccc(CCc2nc(CC(C)C)c(-c3ccccc3F)cc2C(=O)O)cc1. The second-order valence-electron chi connectivity index (χ2n) is 7.85. The Labute approximate surface area is 171 Å². The van der Waals surface area contributed by atoms with E-state index in [1.807, 2.05) is 19.1 Å². The van der Waals surface area contributed by atoms with E-state index in [1.54, 1.807) is 24.3 Å². The number of aromatic carboxylic acids is 1. The zero-order valence-corrected chi connectivity index (χ0v) is 17.1. The van der Waals surface area contributed by atoms with Crippen LogP contribution in [0, 0.1) is 18.7 Å². The molecule has 0 saturated heterocycles. The van der Waals surface area contributed by atoms with Gasteiger partial charge in [-0.1, -0.05) is 61.9 Å². The molecule has 29 heavy (non-hydrogen) atoms. The lowest BCUT2D eigenvalue weighted by molar-refractivity contribution is 0.0695. The summed E-state index contributed by atoms with van der Waals surface area (Å²) in [5.41, 5.74) is 4.71. The first-order valence-corrected chi connectivity index (χ1v) is 9.91. The summed E-state index contributed by atoms with van der Waals surface area (Å²) < 4.78 is 14.5. The Morgan fingerprint density at radius 2 is 1.69 bits per heavy atom. The van der Waals surface area contributed by atoms with Gasteiger partial charge in [0.15, 0.2) is 0 Å². The number of hydrogen-bond acceptors (Lipinski definition) is 2. The highest BCUT2D eigenvalue weighted by Crippen LogP contribution is 2.29. The van der Waals surface area contributed by atoms with Crippen molar-refractivity contribution in [3.05, 3.63) is 88.5 Å². The van der Waals surface area contributed by atoms with Gasteiger partial charge in [-0.15, -0.1) is 0 Å². The van der Waals surface area contributed by atoms with Crippen molar-refractivity contribution in [3.8, 4) is 11.1 Å². The van der Waals surface area contributed by atoms with Gasteiger partial charge in [0.25, 0.3) is 0 Å². The number of carbonyl (C=O) groups is 1. The largest absolute Gasteiger partial charge is 0.478 e. The third-order valence-electron chi connectivity index (χ3n) is 4.95. The van der Waals surface area contributed by atoms with Gasteiger partial charge in [-0.3, -0.25) is 4.98 Å². The van der Waals surface area contributed by atoms with Crippen molar-refractivity contribution in [2.75, 3.05) is 0 Å². The van der Waals surface area contributed by atoms with Crippen LogP contribution in [0.15, 0.2) is 54.6 Å². The molecule has 3 aromatic rings. The molecular weight excluding hydrogens is 365 g/mol. The first kappa shape index (κ1) is 20.7. The van der Waals surface area contributed by atoms with Crippen LogP contribution < -0.4 is 0 Å². The molecule has 0 aliphatic rings. The number of benzene rings is 2. The average Bonchev–Trinajstić information content (AvgIpc) is 2.67. The highest BCUT2D eigenvalue weighted by atomic mass is 19.1. The Morgan fingerprint density at radius 1 is 1.00 bits per heavy atom. The molecule has 0 spiro atoms. The molecule has 3 nitrogen and oxygen atoms in total. The molecule has 150 valence electrons. The minimum Gasteiger partial charge on any atom is -0.478 e. The molecule has 0 bridgehead atoms. The van der Waals surface area contributed by atoms with E-state index in [2.05, 4.69) is 26.0 Å². The molecule has 4 heteroatoms. The number of carboxylic acids is 1. The summed E-state index contributed by atoms with van der Waals surface area (Å²) in [5, 5.41) is 9.78. The third kappa shape index (κ3) is 5.08. The van der Waals surface area contributed by atoms with Gasteiger partial charge >= 0.3 is 5.97 Å². The maximum atomic E-state index is 14.5. The van der Waals surface area contributed by atoms with Gasteiger partial charge in [0.2, 0.25) is 0 Å². The fourth-order valence-electron chi connectivity index (χ4n) is 3.44. The van der Waals surface area contributed by atoms with Gasteiger partial charge in [-0.25, -0.2) is 9.18 Å². The molecule has 3 rings (SSSR count). The molecule has 0 atom stereocenters. The summed E-state index contributed by atoms with van der Waals surface area (Å²) in [6.45, 7) is 6.18. The Morgan fingerprint density at radius 3 is 2.31 bits per heavy atom. The Bertz CT molecular complexity index is 1010. The molecule has 0 radical (unpaired) electrons. The average molecular weight is 391 g/mol. The highest BCUT2D eigenvalue weighted by Gasteiger charge is 2.20. The zero-order valence-electron chi connectivity index (χ0n) is 17.1. The van der Waals surface area contributed by atoms with Gasteiger partial charge in [-0.05, 0) is 49.8 Å². The summed E-state index contributed by atoms with van der Waals surface area (Å²) in [7, 11) is 0. The zero-order chi connectivity index (χ0) is 21.0. The lowest BCUT2D eigenvalue weighted by atomic mass is 9.94. The van der Waals surface area contributed by atoms with E-state index in [9.17, 15) is 14.3 Å². The van der Waals surface area contributed by atoms with Gasteiger partial charge in [0.05, 0.1) is 11.3 Å². The van der Waals surface area contributed by atoms with Crippen LogP contribution in [0.4, 0.5) is 4.39 Å².